The highest BCUT2D eigenvalue weighted by Gasteiger charge is 2.37. The lowest BCUT2D eigenvalue weighted by molar-refractivity contribution is -0.124. The molecule has 1 heterocycles. The van der Waals surface area contributed by atoms with E-state index in [0.29, 0.717) is 0 Å². The van der Waals surface area contributed by atoms with Crippen LogP contribution in [0.1, 0.15) is 0 Å². The van der Waals surface area contributed by atoms with Gasteiger partial charge in [-0.15, -0.1) is 0 Å². The average molecular weight is 238 g/mol. The number of carbonyl (C=O) groups is 3. The zero-order valence-electron chi connectivity index (χ0n) is 6.78. The number of hydrogen-bond donors (Lipinski definition) is 3. The van der Waals surface area contributed by atoms with Crippen molar-refractivity contribution >= 4 is 42.5 Å². The maximum atomic E-state index is 11.2. The Hall–Kier alpha value is -1.01. The second kappa shape index (κ2) is 5.02. The number of primary amides is 1. The van der Waals surface area contributed by atoms with E-state index in [9.17, 15) is 14.4 Å². The van der Waals surface area contributed by atoms with Crippen LogP contribution >= 0.6 is 10.0 Å². The summed E-state index contributed by atoms with van der Waals surface area (Å²) in [7, 11) is 5.38. The first kappa shape index (κ1) is 13.0. The monoisotopic (exact) mass is 237 g/mol. The zero-order valence-corrected chi connectivity index (χ0v) is 8.69. The molecule has 8 nitrogen and oxygen atoms in total. The van der Waals surface area contributed by atoms with Gasteiger partial charge in [0.2, 0.25) is 0 Å². The van der Waals surface area contributed by atoms with Gasteiger partial charge < -0.3 is 25.7 Å². The molecule has 10 heteroatoms. The number of amides is 5. The van der Waals surface area contributed by atoms with E-state index in [-0.39, 0.29) is 5.48 Å². The number of urea groups is 2. The largest absolute Gasteiger partial charge is 0.532 e. The van der Waals surface area contributed by atoms with Gasteiger partial charge in [-0.25, -0.2) is 14.8 Å². The number of halogens is 1. The second-order valence-corrected chi connectivity index (χ2v) is 3.49. The molecule has 77 valence electrons. The molecule has 0 aromatic carbocycles. The topological polar surface area (TPSA) is 136 Å². The lowest BCUT2D eigenvalue weighted by atomic mass is 10.5. The predicted octanol–water partition coefficient (Wildman–Crippen LogP) is -2.52. The minimum atomic E-state index is -1.09. The molecule has 0 aromatic heterocycles. The highest BCUT2D eigenvalue weighted by atomic mass is 35.6. The van der Waals surface area contributed by atoms with Gasteiger partial charge >= 0.3 is 26.6 Å². The van der Waals surface area contributed by atoms with Gasteiger partial charge in [0.15, 0.2) is 6.17 Å². The first-order valence-electron chi connectivity index (χ1n) is 3.19. The van der Waals surface area contributed by atoms with Gasteiger partial charge in [0.1, 0.15) is 0 Å². The number of rotatable bonds is 2. The Morgan fingerprint density at radius 3 is 2.57 bits per heavy atom. The fraction of sp³-hybridized carbons (Fsp3) is 0.250. The number of imide groups is 1. The van der Waals surface area contributed by atoms with Crippen LogP contribution in [0.2, 0.25) is 0 Å². The van der Waals surface area contributed by atoms with Gasteiger partial charge in [0.25, 0.3) is 5.91 Å². The summed E-state index contributed by atoms with van der Waals surface area (Å²) in [6.07, 6.45) is -1.09. The van der Waals surface area contributed by atoms with Crippen molar-refractivity contribution in [1.29, 1.82) is 0 Å². The molecular formula is C4H7AlClN4O4. The normalized spacial score (nSPS) is 19.8. The minimum Gasteiger partial charge on any atom is -0.412 e. The van der Waals surface area contributed by atoms with Crippen molar-refractivity contribution in [2.45, 2.75) is 6.17 Å². The van der Waals surface area contributed by atoms with Crippen LogP contribution in [-0.2, 0) is 4.79 Å². The SMILES string of the molecule is NC(=O)NC1NC(=O)[N]([Al][Cl])C1=O.O. The van der Waals surface area contributed by atoms with E-state index >= 15 is 0 Å². The summed E-state index contributed by atoms with van der Waals surface area (Å²) >= 11 is -0.956. The van der Waals surface area contributed by atoms with Crippen molar-refractivity contribution < 1.29 is 19.9 Å². The maximum absolute atomic E-state index is 11.2. The van der Waals surface area contributed by atoms with Crippen LogP contribution in [0.5, 0.6) is 0 Å². The summed E-state index contributed by atoms with van der Waals surface area (Å²) in [6, 6.07) is -1.50. The molecule has 6 N–H and O–H groups in total. The number of hydrogen-bond acceptors (Lipinski definition) is 3. The van der Waals surface area contributed by atoms with Gasteiger partial charge in [-0.3, -0.25) is 9.59 Å². The summed E-state index contributed by atoms with van der Waals surface area (Å²) in [5.74, 6) is -0.589. The highest BCUT2D eigenvalue weighted by Crippen LogP contribution is 2.02. The van der Waals surface area contributed by atoms with Gasteiger partial charge in [-0.05, 0) is 0 Å². The maximum Gasteiger partial charge on any atom is 0.532 e. The average Bonchev–Trinajstić information content (AvgIpc) is 2.26. The molecule has 1 rings (SSSR count). The molecule has 1 aliphatic heterocycles. The molecule has 1 aliphatic rings. The fourth-order valence-electron chi connectivity index (χ4n) is 0.826. The van der Waals surface area contributed by atoms with E-state index in [1.807, 2.05) is 0 Å². The highest BCUT2D eigenvalue weighted by molar-refractivity contribution is 6.94. The van der Waals surface area contributed by atoms with E-state index in [4.69, 9.17) is 15.8 Å². The molecule has 0 aromatic rings. The van der Waals surface area contributed by atoms with Crippen LogP contribution in [0.25, 0.3) is 0 Å². The van der Waals surface area contributed by atoms with Crippen molar-refractivity contribution in [3.8, 4) is 0 Å². The van der Waals surface area contributed by atoms with E-state index in [2.05, 4.69) is 10.6 Å². The third-order valence-electron chi connectivity index (χ3n) is 1.36. The summed E-state index contributed by atoms with van der Waals surface area (Å²) < 4.78 is 0.835. The van der Waals surface area contributed by atoms with Gasteiger partial charge in [-0.2, -0.15) is 0 Å². The lowest BCUT2D eigenvalue weighted by Gasteiger charge is -2.08. The van der Waals surface area contributed by atoms with Crippen LogP contribution in [0.3, 0.4) is 0 Å². The number of nitrogens with one attached hydrogen (secondary N) is 2. The van der Waals surface area contributed by atoms with Crippen LogP contribution in [0.15, 0.2) is 0 Å². The Kier molecular flexibility index (Phi) is 4.66. The third-order valence-corrected chi connectivity index (χ3v) is 2.62. The molecule has 1 radical (unpaired) electrons. The molecule has 1 atom stereocenters. The van der Waals surface area contributed by atoms with Crippen molar-refractivity contribution in [3.63, 3.8) is 0 Å². The first-order valence-corrected chi connectivity index (χ1v) is 5.45. The molecule has 1 unspecified atom stereocenters. The van der Waals surface area contributed by atoms with Crippen LogP contribution in [-0.4, -0.2) is 48.0 Å². The second-order valence-electron chi connectivity index (χ2n) is 2.20. The Morgan fingerprint density at radius 2 is 2.21 bits per heavy atom. The van der Waals surface area contributed by atoms with Crippen molar-refractivity contribution in [3.05, 3.63) is 0 Å². The molecule has 0 saturated carbocycles. The summed E-state index contributed by atoms with van der Waals surface area (Å²) in [4.78, 5) is 32.5. The van der Waals surface area contributed by atoms with Crippen LogP contribution < -0.4 is 16.4 Å². The number of nitrogens with zero attached hydrogens (tertiary/aromatic N) is 1. The molecule has 0 aliphatic carbocycles. The Morgan fingerprint density at radius 1 is 1.64 bits per heavy atom. The fourth-order valence-corrected chi connectivity index (χ4v) is 1.79. The Bertz CT molecular complexity index is 274. The Labute approximate surface area is 89.2 Å². The number of nitrogens with two attached hydrogens (primary N) is 1. The van der Waals surface area contributed by atoms with E-state index in [0.717, 1.165) is 3.88 Å². The van der Waals surface area contributed by atoms with E-state index in [1.165, 1.54) is 0 Å². The molecule has 1 fully saturated rings. The van der Waals surface area contributed by atoms with Crippen LogP contribution in [0.4, 0.5) is 9.59 Å². The van der Waals surface area contributed by atoms with Crippen molar-refractivity contribution in [2.24, 2.45) is 5.73 Å². The lowest BCUT2D eigenvalue weighted by Crippen LogP contribution is -2.48. The molecule has 0 bridgehead atoms. The van der Waals surface area contributed by atoms with Crippen molar-refractivity contribution in [1.82, 2.24) is 14.5 Å². The third kappa shape index (κ3) is 2.49. The molecule has 1 saturated heterocycles. The summed E-state index contributed by atoms with van der Waals surface area (Å²) in [6.45, 7) is 0. The van der Waals surface area contributed by atoms with E-state index < -0.39 is 38.7 Å². The molecular weight excluding hydrogens is 231 g/mol. The smallest absolute Gasteiger partial charge is 0.412 e. The minimum absolute atomic E-state index is 0. The van der Waals surface area contributed by atoms with Gasteiger partial charge in [0, 0.05) is 0 Å². The standard InChI is InChI=1S/C4H6N4O3.Al.ClH.H2O/c5-3(10)6-1-2(9)8-4(11)7-1;;;/h1H,(H5,5,6,7,8,9,10,11);;1H;1H2/q;+2;;/p-2. The van der Waals surface area contributed by atoms with E-state index in [1.54, 1.807) is 0 Å². The molecule has 0 spiro atoms. The van der Waals surface area contributed by atoms with Crippen molar-refractivity contribution in [2.75, 3.05) is 0 Å². The van der Waals surface area contributed by atoms with Crippen LogP contribution in [0, 0.1) is 0 Å². The zero-order chi connectivity index (χ0) is 10.0. The summed E-state index contributed by atoms with van der Waals surface area (Å²) in [5, 5.41) is 4.25. The number of carbonyl (C=O) groups excluding carboxylic acids is 3. The molecule has 5 amide bonds. The first-order chi connectivity index (χ1) is 6.06. The predicted molar refractivity (Wildman–Crippen MR) is 47.1 cm³/mol. The van der Waals surface area contributed by atoms with Gasteiger partial charge in [-0.1, -0.05) is 0 Å². The summed E-state index contributed by atoms with van der Waals surface area (Å²) in [5.41, 5.74) is 4.77. The van der Waals surface area contributed by atoms with Gasteiger partial charge in [0.05, 0.1) is 0 Å². The Balaban J connectivity index is 0.00000169. The molecule has 14 heavy (non-hydrogen) atoms. The quantitative estimate of drug-likeness (QED) is 0.361.